The molecule has 1 aliphatic rings. The van der Waals surface area contributed by atoms with Crippen molar-refractivity contribution in [3.8, 4) is 11.5 Å². The molecular formula is C25H22FN3O8S. The highest BCUT2D eigenvalue weighted by molar-refractivity contribution is 7.89. The molecule has 0 aliphatic carbocycles. The van der Waals surface area contributed by atoms with E-state index in [2.05, 4.69) is 0 Å². The van der Waals surface area contributed by atoms with E-state index in [4.69, 9.17) is 13.9 Å². The van der Waals surface area contributed by atoms with Crippen molar-refractivity contribution in [3.05, 3.63) is 74.7 Å². The van der Waals surface area contributed by atoms with Crippen LogP contribution in [0.1, 0.15) is 0 Å². The third-order valence-corrected chi connectivity index (χ3v) is 8.44. The van der Waals surface area contributed by atoms with Crippen LogP contribution in [0.2, 0.25) is 0 Å². The van der Waals surface area contributed by atoms with Gasteiger partial charge in [0.25, 0.3) is 15.7 Å². The Labute approximate surface area is 215 Å². The Bertz CT molecular complexity index is 1730. The van der Waals surface area contributed by atoms with E-state index >= 15 is 0 Å². The number of piperazine rings is 1. The van der Waals surface area contributed by atoms with Crippen LogP contribution in [0.3, 0.4) is 0 Å². The molecule has 3 aromatic carbocycles. The summed E-state index contributed by atoms with van der Waals surface area (Å²) >= 11 is 0. The van der Waals surface area contributed by atoms with Crippen molar-refractivity contribution in [2.45, 2.75) is 4.90 Å². The number of methoxy groups -OCH3 is 2. The maximum Gasteiger partial charge on any atom is 0.270 e. The molecular weight excluding hydrogens is 521 g/mol. The van der Waals surface area contributed by atoms with Crippen LogP contribution in [0.15, 0.2) is 62.6 Å². The molecule has 11 nitrogen and oxygen atoms in total. The topological polar surface area (TPSA) is 132 Å². The summed E-state index contributed by atoms with van der Waals surface area (Å²) in [5.41, 5.74) is -0.525. The standard InChI is InChI=1S/C25H22FN3O8S/c1-35-20-14-21(36-2)25(24-22(20)23(30)18-13-17(29(31)32)7-8-19(18)37-24)38(33,34)28-11-9-27(10-12-28)16-5-3-15(26)4-6-16/h3-8,13-14H,9-12H2,1-2H3. The Morgan fingerprint density at radius 2 is 1.63 bits per heavy atom. The van der Waals surface area contributed by atoms with Crippen LogP contribution in [0, 0.1) is 15.9 Å². The van der Waals surface area contributed by atoms with E-state index in [0.29, 0.717) is 13.1 Å². The number of benzene rings is 3. The van der Waals surface area contributed by atoms with Gasteiger partial charge in [-0.25, -0.2) is 12.8 Å². The molecule has 0 radical (unpaired) electrons. The predicted octanol–water partition coefficient (Wildman–Crippen LogP) is 3.52. The number of rotatable bonds is 6. The Balaban J connectivity index is 1.64. The number of nitrogens with zero attached hydrogens (tertiary/aromatic N) is 3. The van der Waals surface area contributed by atoms with Gasteiger partial charge in [0.2, 0.25) is 5.43 Å². The molecule has 13 heteroatoms. The average Bonchev–Trinajstić information content (AvgIpc) is 2.92. The van der Waals surface area contributed by atoms with Gasteiger partial charge >= 0.3 is 0 Å². The predicted molar refractivity (Wildman–Crippen MR) is 137 cm³/mol. The maximum atomic E-state index is 13.9. The minimum Gasteiger partial charge on any atom is -0.496 e. The number of nitro groups is 1. The molecule has 38 heavy (non-hydrogen) atoms. The van der Waals surface area contributed by atoms with Crippen LogP contribution in [-0.4, -0.2) is 58.0 Å². The highest BCUT2D eigenvalue weighted by Gasteiger charge is 2.35. The summed E-state index contributed by atoms with van der Waals surface area (Å²) in [7, 11) is -1.66. The van der Waals surface area contributed by atoms with Crippen LogP contribution in [0.5, 0.6) is 11.5 Å². The van der Waals surface area contributed by atoms with Gasteiger partial charge in [-0.15, -0.1) is 0 Å². The molecule has 0 atom stereocenters. The number of halogens is 1. The maximum absolute atomic E-state index is 13.9. The molecule has 5 rings (SSSR count). The number of hydrogen-bond donors (Lipinski definition) is 0. The second-order valence-corrected chi connectivity index (χ2v) is 10.4. The van der Waals surface area contributed by atoms with E-state index in [9.17, 15) is 27.7 Å². The minimum atomic E-state index is -4.25. The fourth-order valence-electron chi connectivity index (χ4n) is 4.57. The molecule has 0 spiro atoms. The summed E-state index contributed by atoms with van der Waals surface area (Å²) in [6, 6.07) is 10.7. The molecule has 1 fully saturated rings. The lowest BCUT2D eigenvalue weighted by Gasteiger charge is -2.35. The quantitative estimate of drug-likeness (QED) is 0.203. The normalized spacial score (nSPS) is 14.7. The molecule has 0 unspecified atom stereocenters. The Morgan fingerprint density at radius 1 is 0.974 bits per heavy atom. The van der Waals surface area contributed by atoms with Gasteiger partial charge in [-0.3, -0.25) is 14.9 Å². The number of sulfonamides is 1. The number of fused-ring (bicyclic) bond motifs is 2. The van der Waals surface area contributed by atoms with E-state index in [-0.39, 0.29) is 62.9 Å². The number of ether oxygens (including phenoxy) is 2. The van der Waals surface area contributed by atoms with Gasteiger partial charge in [0, 0.05) is 50.1 Å². The first-order chi connectivity index (χ1) is 18.1. The van der Waals surface area contributed by atoms with E-state index in [1.807, 2.05) is 4.90 Å². The lowest BCUT2D eigenvalue weighted by Crippen LogP contribution is -2.48. The van der Waals surface area contributed by atoms with Gasteiger partial charge in [-0.2, -0.15) is 4.31 Å². The Morgan fingerprint density at radius 3 is 2.24 bits per heavy atom. The van der Waals surface area contributed by atoms with Crippen molar-refractivity contribution in [3.63, 3.8) is 0 Å². The fraction of sp³-hybridized carbons (Fsp3) is 0.240. The van der Waals surface area contributed by atoms with Gasteiger partial charge in [0.05, 0.1) is 24.5 Å². The molecule has 1 aromatic heterocycles. The summed E-state index contributed by atoms with van der Waals surface area (Å²) in [5.74, 6) is -0.448. The summed E-state index contributed by atoms with van der Waals surface area (Å²) in [6.45, 7) is 0.913. The van der Waals surface area contributed by atoms with Crippen molar-refractivity contribution >= 4 is 43.3 Å². The van der Waals surface area contributed by atoms with Crippen molar-refractivity contribution in [2.24, 2.45) is 0 Å². The highest BCUT2D eigenvalue weighted by atomic mass is 32.2. The summed E-state index contributed by atoms with van der Waals surface area (Å²) in [5, 5.41) is 11.0. The van der Waals surface area contributed by atoms with Crippen molar-refractivity contribution < 1.29 is 31.6 Å². The largest absolute Gasteiger partial charge is 0.496 e. The van der Waals surface area contributed by atoms with Crippen molar-refractivity contribution in [2.75, 3.05) is 45.3 Å². The second-order valence-electron chi connectivity index (χ2n) is 8.55. The fourth-order valence-corrected chi connectivity index (χ4v) is 6.25. The number of non-ortho nitro benzene ring substituents is 1. The van der Waals surface area contributed by atoms with Gasteiger partial charge in [0.1, 0.15) is 28.3 Å². The van der Waals surface area contributed by atoms with E-state index in [1.54, 1.807) is 12.1 Å². The molecule has 4 aromatic rings. The van der Waals surface area contributed by atoms with Crippen molar-refractivity contribution in [1.29, 1.82) is 0 Å². The zero-order valence-corrected chi connectivity index (χ0v) is 21.2. The molecule has 0 amide bonds. The number of nitro benzene ring substituents is 1. The first-order valence-electron chi connectivity index (χ1n) is 11.5. The molecule has 0 N–H and O–H groups in total. The minimum absolute atomic E-state index is 0.000847. The van der Waals surface area contributed by atoms with Gasteiger partial charge in [0.15, 0.2) is 10.5 Å². The summed E-state index contributed by atoms with van der Waals surface area (Å²) in [6.07, 6.45) is 0. The van der Waals surface area contributed by atoms with Crippen molar-refractivity contribution in [1.82, 2.24) is 4.31 Å². The first kappa shape index (κ1) is 25.4. The average molecular weight is 544 g/mol. The lowest BCUT2D eigenvalue weighted by molar-refractivity contribution is -0.384. The van der Waals surface area contributed by atoms with Crippen LogP contribution in [0.4, 0.5) is 15.8 Å². The molecule has 198 valence electrons. The molecule has 1 saturated heterocycles. The van der Waals surface area contributed by atoms with Gasteiger partial charge in [-0.05, 0) is 30.3 Å². The third-order valence-electron chi connectivity index (χ3n) is 6.49. The van der Waals surface area contributed by atoms with E-state index < -0.39 is 20.4 Å². The molecule has 2 heterocycles. The molecule has 1 aliphatic heterocycles. The number of hydrogen-bond acceptors (Lipinski definition) is 9. The van der Waals surface area contributed by atoms with E-state index in [0.717, 1.165) is 17.8 Å². The first-order valence-corrected chi connectivity index (χ1v) is 12.9. The summed E-state index contributed by atoms with van der Waals surface area (Å²) < 4.78 is 59.1. The Kier molecular flexibility index (Phi) is 6.41. The van der Waals surface area contributed by atoms with Crippen LogP contribution in [-0.2, 0) is 10.0 Å². The number of anilines is 1. The smallest absolute Gasteiger partial charge is 0.270 e. The second kappa shape index (κ2) is 9.58. The van der Waals surface area contributed by atoms with Crippen LogP contribution in [0.25, 0.3) is 21.9 Å². The summed E-state index contributed by atoms with van der Waals surface area (Å²) in [4.78, 5) is 25.7. The zero-order chi connectivity index (χ0) is 27.2. The highest BCUT2D eigenvalue weighted by Crippen LogP contribution is 2.40. The van der Waals surface area contributed by atoms with E-state index in [1.165, 1.54) is 42.8 Å². The SMILES string of the molecule is COc1cc(OC)c2c(=O)c3cc([N+](=O)[O-])ccc3oc2c1S(=O)(=O)N1CCN(c2ccc(F)cc2)CC1. The monoisotopic (exact) mass is 543 g/mol. The van der Waals surface area contributed by atoms with Crippen LogP contribution < -0.4 is 19.8 Å². The molecule has 0 bridgehead atoms. The Hall–Kier alpha value is -4.23. The van der Waals surface area contributed by atoms with Gasteiger partial charge < -0.3 is 18.8 Å². The van der Waals surface area contributed by atoms with Gasteiger partial charge in [-0.1, -0.05) is 0 Å². The molecule has 0 saturated carbocycles. The van der Waals surface area contributed by atoms with Crippen LogP contribution >= 0.6 is 0 Å². The third kappa shape index (κ3) is 4.19. The zero-order valence-electron chi connectivity index (χ0n) is 20.3. The lowest BCUT2D eigenvalue weighted by atomic mass is 10.1.